The lowest BCUT2D eigenvalue weighted by Crippen LogP contribution is -2.07. The van der Waals surface area contributed by atoms with Gasteiger partial charge in [0.1, 0.15) is 0 Å². The predicted molar refractivity (Wildman–Crippen MR) is 275 cm³/mol. The summed E-state index contributed by atoms with van der Waals surface area (Å²) in [7, 11) is 0. The molecule has 0 unspecified atom stereocenters. The van der Waals surface area contributed by atoms with Gasteiger partial charge in [-0.3, -0.25) is 0 Å². The second-order valence-electron chi connectivity index (χ2n) is 17.8. The molecule has 0 saturated carbocycles. The van der Waals surface area contributed by atoms with E-state index < -0.39 is 40.2 Å². The second kappa shape index (κ2) is 15.0. The van der Waals surface area contributed by atoms with Gasteiger partial charge in [0.15, 0.2) is 29.0 Å². The van der Waals surface area contributed by atoms with E-state index in [2.05, 4.69) is 92.8 Å². The molecular weight excluding hydrogens is 898 g/mol. The molecule has 0 radical (unpaired) electrons. The summed E-state index contributed by atoms with van der Waals surface area (Å²) in [4.78, 5) is 3.77. The van der Waals surface area contributed by atoms with E-state index in [1.165, 1.54) is 12.1 Å². The van der Waals surface area contributed by atoms with Crippen molar-refractivity contribution in [3.8, 4) is 33.9 Å². The van der Waals surface area contributed by atoms with Crippen LogP contribution in [0.25, 0.3) is 126 Å². The first-order chi connectivity index (χ1) is 34.8. The Morgan fingerprint density at radius 3 is 0.944 bits per heavy atom. The van der Waals surface area contributed by atoms with E-state index in [4.69, 9.17) is 6.57 Å². The van der Waals surface area contributed by atoms with Gasteiger partial charge in [-0.05, 0) is 78.4 Å². The summed E-state index contributed by atoms with van der Waals surface area (Å²) in [5.41, 5.74) is 7.35. The van der Waals surface area contributed by atoms with E-state index in [0.717, 1.165) is 87.6 Å². The van der Waals surface area contributed by atoms with E-state index in [1.807, 2.05) is 112 Å². The first-order valence-corrected chi connectivity index (χ1v) is 22.9. The first kappa shape index (κ1) is 40.6. The average molecular weight is 930 g/mol. The number of fused-ring (bicyclic) bond motifs is 12. The normalized spacial score (nSPS) is 12.0. The van der Waals surface area contributed by atoms with Crippen LogP contribution >= 0.6 is 0 Å². The van der Waals surface area contributed by atoms with Crippen LogP contribution in [0, 0.1) is 35.7 Å². The average Bonchev–Trinajstić information content (AvgIpc) is 4.14. The topological polar surface area (TPSA) is 24.1 Å². The molecule has 14 rings (SSSR count). The lowest BCUT2D eigenvalue weighted by Gasteiger charge is -2.21. The van der Waals surface area contributed by atoms with Gasteiger partial charge in [0.25, 0.3) is 0 Å². The van der Waals surface area contributed by atoms with E-state index in [0.29, 0.717) is 22.4 Å². The van der Waals surface area contributed by atoms with Gasteiger partial charge >= 0.3 is 0 Å². The lowest BCUT2D eigenvalue weighted by molar-refractivity contribution is 0.381. The Kier molecular flexibility index (Phi) is 8.59. The number of aromatic nitrogens is 4. The van der Waals surface area contributed by atoms with Crippen molar-refractivity contribution in [1.29, 1.82) is 0 Å². The molecule has 0 bridgehead atoms. The van der Waals surface area contributed by atoms with Gasteiger partial charge < -0.3 is 18.3 Å². The van der Waals surface area contributed by atoms with E-state index in [-0.39, 0.29) is 5.69 Å². The summed E-state index contributed by atoms with van der Waals surface area (Å²) in [6.07, 6.45) is 0. The molecule has 0 amide bonds. The molecule has 0 aliphatic heterocycles. The number of para-hydroxylation sites is 6. The van der Waals surface area contributed by atoms with Crippen molar-refractivity contribution in [1.82, 2.24) is 18.3 Å². The zero-order chi connectivity index (χ0) is 47.8. The zero-order valence-corrected chi connectivity index (χ0v) is 37.1. The van der Waals surface area contributed by atoms with E-state index in [1.54, 1.807) is 0 Å². The fourth-order valence-corrected chi connectivity index (χ4v) is 11.2. The van der Waals surface area contributed by atoms with Crippen molar-refractivity contribution in [3.05, 3.63) is 235 Å². The van der Waals surface area contributed by atoms with Gasteiger partial charge in [-0.2, -0.15) is 0 Å². The summed E-state index contributed by atoms with van der Waals surface area (Å²) in [5, 5.41) is 7.79. The molecule has 0 aliphatic rings. The van der Waals surface area contributed by atoms with Crippen molar-refractivity contribution >= 4 is 92.9 Å². The van der Waals surface area contributed by atoms with Gasteiger partial charge in [-0.25, -0.2) is 26.8 Å². The standard InChI is InChI=1S/C61H32F5N5/c1-67-45-33-55(71-51-25-13-7-19-41(51)43-29-27-35(31-53(43)71)69-48-22-10-4-16-38(48)39-17-5-11-23-49(39)69)54(32-44(45)56-57(62)59(64)61(66)60(65)58(56)63)70-50-24-12-6-18-40(50)42-28-26-34(30-52(42)70)68-46-20-8-2-14-36(46)37-15-3-9-21-47(37)68/h2-33H. The van der Waals surface area contributed by atoms with Gasteiger partial charge in [0.2, 0.25) is 5.82 Å². The van der Waals surface area contributed by atoms with Crippen LogP contribution in [-0.2, 0) is 0 Å². The van der Waals surface area contributed by atoms with Crippen molar-refractivity contribution in [3.63, 3.8) is 0 Å². The molecule has 4 aromatic heterocycles. The van der Waals surface area contributed by atoms with Crippen LogP contribution in [0.2, 0.25) is 0 Å². The largest absolute Gasteiger partial charge is 0.309 e. The fourth-order valence-electron chi connectivity index (χ4n) is 11.2. The number of nitrogens with zero attached hydrogens (tertiary/aromatic N) is 5. The number of benzene rings is 10. The molecule has 0 saturated heterocycles. The minimum atomic E-state index is -2.28. The molecule has 4 heterocycles. The van der Waals surface area contributed by atoms with E-state index in [9.17, 15) is 4.39 Å². The summed E-state index contributed by atoms with van der Waals surface area (Å²) in [5.74, 6) is -10.6. The van der Waals surface area contributed by atoms with Crippen molar-refractivity contribution in [2.24, 2.45) is 0 Å². The molecule has 336 valence electrons. The third-order valence-corrected chi connectivity index (χ3v) is 14.2. The second-order valence-corrected chi connectivity index (χ2v) is 17.8. The number of hydrogen-bond donors (Lipinski definition) is 0. The highest BCUT2D eigenvalue weighted by atomic mass is 19.2. The maximum Gasteiger partial charge on any atom is 0.200 e. The highest BCUT2D eigenvalue weighted by molar-refractivity contribution is 6.15. The molecule has 14 aromatic rings. The third-order valence-electron chi connectivity index (χ3n) is 14.2. The monoisotopic (exact) mass is 929 g/mol. The summed E-state index contributed by atoms with van der Waals surface area (Å²) in [6.45, 7) is 8.50. The lowest BCUT2D eigenvalue weighted by atomic mass is 9.99. The van der Waals surface area contributed by atoms with Crippen LogP contribution in [0.15, 0.2) is 194 Å². The summed E-state index contributed by atoms with van der Waals surface area (Å²) in [6, 6.07) is 63.7. The number of halogens is 5. The molecule has 0 fully saturated rings. The Labute approximate surface area is 400 Å². The smallest absolute Gasteiger partial charge is 0.200 e. The van der Waals surface area contributed by atoms with Crippen molar-refractivity contribution in [2.45, 2.75) is 0 Å². The Morgan fingerprint density at radius 1 is 0.296 bits per heavy atom. The molecule has 0 spiro atoms. The number of hydrogen-bond acceptors (Lipinski definition) is 0. The Morgan fingerprint density at radius 2 is 0.592 bits per heavy atom. The molecule has 10 aromatic carbocycles. The van der Waals surface area contributed by atoms with E-state index >= 15 is 17.6 Å². The maximum absolute atomic E-state index is 16.2. The molecule has 10 heteroatoms. The molecule has 0 atom stereocenters. The van der Waals surface area contributed by atoms with Crippen molar-refractivity contribution in [2.75, 3.05) is 0 Å². The Bertz CT molecular complexity index is 4540. The van der Waals surface area contributed by atoms with Gasteiger partial charge in [0.05, 0.1) is 62.1 Å². The van der Waals surface area contributed by atoms with Crippen LogP contribution in [-0.4, -0.2) is 18.3 Å². The van der Waals surface area contributed by atoms with Crippen molar-refractivity contribution < 1.29 is 22.0 Å². The third kappa shape index (κ3) is 5.60. The quantitative estimate of drug-likeness (QED) is 0.0711. The molecule has 0 aliphatic carbocycles. The number of rotatable bonds is 5. The summed E-state index contributed by atoms with van der Waals surface area (Å²) < 4.78 is 86.1. The van der Waals surface area contributed by atoms with Crippen LogP contribution in [0.1, 0.15) is 0 Å². The highest BCUT2D eigenvalue weighted by Gasteiger charge is 2.30. The molecule has 71 heavy (non-hydrogen) atoms. The minimum absolute atomic E-state index is 0.317. The van der Waals surface area contributed by atoms with Crippen LogP contribution < -0.4 is 0 Å². The van der Waals surface area contributed by atoms with Crippen LogP contribution in [0.5, 0.6) is 0 Å². The zero-order valence-electron chi connectivity index (χ0n) is 37.1. The highest BCUT2D eigenvalue weighted by Crippen LogP contribution is 2.46. The SMILES string of the molecule is [C-]#[N+]c1cc(-n2c3ccccc3c3ccc(-n4c5ccccc5c5ccccc54)cc32)c(-n2c3ccccc3c3ccc(-n4c5ccccc5c5ccccc54)cc32)cc1-c1c(F)c(F)c(F)c(F)c1F. The maximum atomic E-state index is 16.2. The minimum Gasteiger partial charge on any atom is -0.309 e. The Hall–Kier alpha value is -9.46. The molecular formula is C61H32F5N5. The summed E-state index contributed by atoms with van der Waals surface area (Å²) >= 11 is 0. The molecule has 0 N–H and O–H groups in total. The fraction of sp³-hybridized carbons (Fsp3) is 0. The molecule has 5 nitrogen and oxygen atoms in total. The predicted octanol–water partition coefficient (Wildman–Crippen LogP) is 17.0. The van der Waals surface area contributed by atoms with Gasteiger partial charge in [-0.15, -0.1) is 0 Å². The van der Waals surface area contributed by atoms with Crippen LogP contribution in [0.4, 0.5) is 27.6 Å². The van der Waals surface area contributed by atoms with Gasteiger partial charge in [0, 0.05) is 60.0 Å². The first-order valence-electron chi connectivity index (χ1n) is 22.9. The Balaban J connectivity index is 1.14. The van der Waals surface area contributed by atoms with Crippen LogP contribution in [0.3, 0.4) is 0 Å². The van der Waals surface area contributed by atoms with Gasteiger partial charge in [-0.1, -0.05) is 121 Å².